The van der Waals surface area contributed by atoms with E-state index in [2.05, 4.69) is 0 Å². The highest BCUT2D eigenvalue weighted by Gasteiger charge is 2.37. The molecule has 18 heavy (non-hydrogen) atoms. The van der Waals surface area contributed by atoms with Gasteiger partial charge in [-0.3, -0.25) is 10.4 Å². The number of halogens is 3. The Balaban J connectivity index is 2.42. The summed E-state index contributed by atoms with van der Waals surface area (Å²) in [6.07, 6.45) is -3.18. The van der Waals surface area contributed by atoms with Gasteiger partial charge in [0.05, 0.1) is 5.56 Å². The predicted molar refractivity (Wildman–Crippen MR) is 62.0 cm³/mol. The van der Waals surface area contributed by atoms with Crippen LogP contribution < -0.4 is 5.84 Å². The topological polar surface area (TPSA) is 53.1 Å². The van der Waals surface area contributed by atoms with Crippen molar-refractivity contribution in [1.82, 2.24) is 5.01 Å². The van der Waals surface area contributed by atoms with Crippen molar-refractivity contribution in [2.75, 3.05) is 6.54 Å². The largest absolute Gasteiger partial charge is 0.416 e. The standard InChI is InChI=1S/C12H14F3N3/c13-12(14,15)10-6-2-1-4-8(10)9-5-3-7-18(17)11(9)16/h1-2,4,6,9,16H,3,5,7,17H2/t9-/m0/s1. The highest BCUT2D eigenvalue weighted by molar-refractivity contribution is 5.86. The van der Waals surface area contributed by atoms with Crippen LogP contribution in [0.5, 0.6) is 0 Å². The van der Waals surface area contributed by atoms with Crippen LogP contribution in [-0.4, -0.2) is 17.4 Å². The van der Waals surface area contributed by atoms with Crippen molar-refractivity contribution in [2.45, 2.75) is 24.9 Å². The molecule has 1 aliphatic heterocycles. The Kier molecular flexibility index (Phi) is 3.30. The third-order valence-corrected chi connectivity index (χ3v) is 3.17. The zero-order chi connectivity index (χ0) is 13.3. The summed E-state index contributed by atoms with van der Waals surface area (Å²) in [5.41, 5.74) is -0.528. The molecule has 0 radical (unpaired) electrons. The van der Waals surface area contributed by atoms with E-state index >= 15 is 0 Å². The average Bonchev–Trinajstić information content (AvgIpc) is 2.32. The predicted octanol–water partition coefficient (Wildman–Crippen LogP) is 2.74. The molecule has 0 aliphatic carbocycles. The van der Waals surface area contributed by atoms with Crippen LogP contribution in [-0.2, 0) is 6.18 Å². The Morgan fingerprint density at radius 2 is 1.94 bits per heavy atom. The number of hydrogen-bond acceptors (Lipinski definition) is 2. The molecular formula is C12H14F3N3. The minimum atomic E-state index is -4.40. The first-order valence-corrected chi connectivity index (χ1v) is 5.68. The zero-order valence-corrected chi connectivity index (χ0v) is 9.67. The Labute approximate surface area is 103 Å². The molecule has 2 rings (SSSR count). The van der Waals surface area contributed by atoms with Gasteiger partial charge in [-0.15, -0.1) is 0 Å². The highest BCUT2D eigenvalue weighted by atomic mass is 19.4. The number of nitrogens with two attached hydrogens (primary N) is 1. The van der Waals surface area contributed by atoms with E-state index in [9.17, 15) is 13.2 Å². The second-order valence-electron chi connectivity index (χ2n) is 4.36. The molecule has 0 spiro atoms. The molecule has 0 aromatic heterocycles. The van der Waals surface area contributed by atoms with Crippen LogP contribution in [0.25, 0.3) is 0 Å². The van der Waals surface area contributed by atoms with Gasteiger partial charge in [0.25, 0.3) is 0 Å². The van der Waals surface area contributed by atoms with Crippen molar-refractivity contribution in [3.8, 4) is 0 Å². The maximum absolute atomic E-state index is 12.9. The van der Waals surface area contributed by atoms with E-state index in [0.717, 1.165) is 6.07 Å². The maximum Gasteiger partial charge on any atom is 0.416 e. The lowest BCUT2D eigenvalue weighted by Gasteiger charge is -2.32. The molecule has 1 aliphatic rings. The summed E-state index contributed by atoms with van der Waals surface area (Å²) in [5.74, 6) is 5.08. The summed E-state index contributed by atoms with van der Waals surface area (Å²) >= 11 is 0. The molecule has 0 saturated carbocycles. The Morgan fingerprint density at radius 3 is 2.61 bits per heavy atom. The summed E-state index contributed by atoms with van der Waals surface area (Å²) in [6, 6.07) is 5.41. The van der Waals surface area contributed by atoms with Crippen molar-refractivity contribution in [1.29, 1.82) is 5.41 Å². The van der Waals surface area contributed by atoms with Gasteiger partial charge in [0.15, 0.2) is 0 Å². The summed E-state index contributed by atoms with van der Waals surface area (Å²) in [7, 11) is 0. The molecule has 1 atom stereocenters. The number of benzene rings is 1. The fourth-order valence-corrected chi connectivity index (χ4v) is 2.28. The lowest BCUT2D eigenvalue weighted by atomic mass is 9.87. The van der Waals surface area contributed by atoms with E-state index < -0.39 is 17.7 Å². The monoisotopic (exact) mass is 257 g/mol. The third kappa shape index (κ3) is 2.33. The molecule has 6 heteroatoms. The summed E-state index contributed by atoms with van der Waals surface area (Å²) in [4.78, 5) is 0. The minimum absolute atomic E-state index is 0.0537. The van der Waals surface area contributed by atoms with Crippen molar-refractivity contribution >= 4 is 5.84 Å². The molecule has 3 nitrogen and oxygen atoms in total. The Morgan fingerprint density at radius 1 is 1.28 bits per heavy atom. The van der Waals surface area contributed by atoms with Gasteiger partial charge in [-0.1, -0.05) is 18.2 Å². The van der Waals surface area contributed by atoms with Gasteiger partial charge in [0.2, 0.25) is 0 Å². The lowest BCUT2D eigenvalue weighted by molar-refractivity contribution is -0.138. The van der Waals surface area contributed by atoms with E-state index in [1.807, 2.05) is 0 Å². The van der Waals surface area contributed by atoms with Crippen molar-refractivity contribution in [2.24, 2.45) is 5.84 Å². The molecule has 1 aromatic rings. The molecule has 0 amide bonds. The fourth-order valence-electron chi connectivity index (χ4n) is 2.28. The van der Waals surface area contributed by atoms with E-state index in [0.29, 0.717) is 19.4 Å². The molecule has 1 fully saturated rings. The number of nitrogens with one attached hydrogen (secondary N) is 1. The lowest BCUT2D eigenvalue weighted by Crippen LogP contribution is -2.44. The van der Waals surface area contributed by atoms with Gasteiger partial charge >= 0.3 is 6.18 Å². The number of nitrogens with zero attached hydrogens (tertiary/aromatic N) is 1. The minimum Gasteiger partial charge on any atom is -0.298 e. The van der Waals surface area contributed by atoms with Gasteiger partial charge in [-0.2, -0.15) is 13.2 Å². The molecule has 0 bridgehead atoms. The zero-order valence-electron chi connectivity index (χ0n) is 9.67. The number of hydrazine groups is 1. The van der Waals surface area contributed by atoms with Crippen molar-refractivity contribution in [3.05, 3.63) is 35.4 Å². The highest BCUT2D eigenvalue weighted by Crippen LogP contribution is 2.38. The molecule has 3 N–H and O–H groups in total. The van der Waals surface area contributed by atoms with Crippen LogP contribution in [0.4, 0.5) is 13.2 Å². The third-order valence-electron chi connectivity index (χ3n) is 3.17. The van der Waals surface area contributed by atoms with Crippen LogP contribution in [0.1, 0.15) is 29.9 Å². The van der Waals surface area contributed by atoms with E-state index in [1.165, 1.54) is 17.1 Å². The average molecular weight is 257 g/mol. The quantitative estimate of drug-likeness (QED) is 0.760. The molecule has 1 saturated heterocycles. The smallest absolute Gasteiger partial charge is 0.298 e. The van der Waals surface area contributed by atoms with Crippen LogP contribution in [0.15, 0.2) is 24.3 Å². The first-order chi connectivity index (χ1) is 8.41. The van der Waals surface area contributed by atoms with Crippen LogP contribution in [0.3, 0.4) is 0 Å². The van der Waals surface area contributed by atoms with E-state index in [1.54, 1.807) is 6.07 Å². The van der Waals surface area contributed by atoms with Gasteiger partial charge < -0.3 is 0 Å². The Bertz CT molecular complexity index is 456. The van der Waals surface area contributed by atoms with Gasteiger partial charge in [0.1, 0.15) is 5.84 Å². The second-order valence-corrected chi connectivity index (χ2v) is 4.36. The van der Waals surface area contributed by atoms with Crippen LogP contribution >= 0.6 is 0 Å². The van der Waals surface area contributed by atoms with E-state index in [4.69, 9.17) is 11.3 Å². The van der Waals surface area contributed by atoms with E-state index in [-0.39, 0.29) is 11.4 Å². The first-order valence-electron chi connectivity index (χ1n) is 5.68. The summed E-state index contributed by atoms with van der Waals surface area (Å²) < 4.78 is 38.7. The summed E-state index contributed by atoms with van der Waals surface area (Å²) in [5, 5.41) is 9.05. The number of hydrogen-bond donors (Lipinski definition) is 2. The molecule has 1 aromatic carbocycles. The van der Waals surface area contributed by atoms with Crippen LogP contribution in [0.2, 0.25) is 0 Å². The SMILES string of the molecule is N=C1[C@H](c2ccccc2C(F)(F)F)CCCN1N. The van der Waals surface area contributed by atoms with Crippen molar-refractivity contribution in [3.63, 3.8) is 0 Å². The Hall–Kier alpha value is -1.56. The van der Waals surface area contributed by atoms with Gasteiger partial charge in [-0.25, -0.2) is 5.84 Å². The normalized spacial score (nSPS) is 21.2. The number of piperidine rings is 1. The number of amidine groups is 1. The summed E-state index contributed by atoms with van der Waals surface area (Å²) in [6.45, 7) is 0.517. The first kappa shape index (κ1) is 12.9. The van der Waals surface area contributed by atoms with Gasteiger partial charge in [0, 0.05) is 12.5 Å². The van der Waals surface area contributed by atoms with Crippen molar-refractivity contribution < 1.29 is 13.2 Å². The van der Waals surface area contributed by atoms with Gasteiger partial charge in [-0.05, 0) is 24.5 Å². The number of rotatable bonds is 1. The maximum atomic E-state index is 12.9. The molecule has 1 heterocycles. The fraction of sp³-hybridized carbons (Fsp3) is 0.417. The second kappa shape index (κ2) is 4.61. The molecule has 98 valence electrons. The molecular weight excluding hydrogens is 243 g/mol. The number of alkyl halides is 3. The molecule has 0 unspecified atom stereocenters. The van der Waals surface area contributed by atoms with Crippen LogP contribution in [0, 0.1) is 5.41 Å².